The number of primary amides is 1. The lowest BCUT2D eigenvalue weighted by molar-refractivity contribution is -0.132. The average Bonchev–Trinajstić information content (AvgIpc) is 3.30. The molecule has 192 valence electrons. The number of aromatic amines is 1. The summed E-state index contributed by atoms with van der Waals surface area (Å²) in [6.45, 7) is 1.00. The standard InChI is InChI=1S/C19H29N9O7/c1-10(18(34)25-7-16(32)23-5-14(20)30)27-19(35)13(3-12-4-21-9-26-12)28-17(33)8-24-15(31)6-22-11(2)29/h4,9-10,13H,3,5-8H2,1-2H3,(H2,20,30)(H,21,26)(H,22,29)(H,23,32)(H,24,31)(H,25,34)(H,27,35)(H,28,33)/t10-,13-/m0/s1. The van der Waals surface area contributed by atoms with Gasteiger partial charge < -0.3 is 42.6 Å². The van der Waals surface area contributed by atoms with Crippen LogP contribution in [0.25, 0.3) is 0 Å². The molecule has 2 atom stereocenters. The number of hydrogen-bond acceptors (Lipinski definition) is 8. The lowest BCUT2D eigenvalue weighted by atomic mass is 10.1. The highest BCUT2D eigenvalue weighted by Gasteiger charge is 2.25. The van der Waals surface area contributed by atoms with E-state index in [-0.39, 0.29) is 19.5 Å². The van der Waals surface area contributed by atoms with E-state index >= 15 is 0 Å². The Morgan fingerprint density at radius 2 is 1.46 bits per heavy atom. The van der Waals surface area contributed by atoms with Crippen molar-refractivity contribution < 1.29 is 33.6 Å². The third-order valence-electron chi connectivity index (χ3n) is 4.21. The molecule has 1 heterocycles. The number of imidazole rings is 1. The second-order valence-electron chi connectivity index (χ2n) is 7.28. The molecule has 0 aliphatic carbocycles. The normalized spacial score (nSPS) is 11.8. The number of carbonyl (C=O) groups excluding carboxylic acids is 7. The van der Waals surface area contributed by atoms with Crippen LogP contribution in [0.2, 0.25) is 0 Å². The third-order valence-corrected chi connectivity index (χ3v) is 4.21. The van der Waals surface area contributed by atoms with Gasteiger partial charge in [0.05, 0.1) is 32.5 Å². The van der Waals surface area contributed by atoms with Gasteiger partial charge in [-0.25, -0.2) is 4.98 Å². The van der Waals surface area contributed by atoms with Gasteiger partial charge in [0.2, 0.25) is 41.4 Å². The quantitative estimate of drug-likeness (QED) is 0.124. The van der Waals surface area contributed by atoms with Crippen molar-refractivity contribution in [1.82, 2.24) is 41.9 Å². The van der Waals surface area contributed by atoms with Crippen molar-refractivity contribution in [2.45, 2.75) is 32.4 Å². The molecule has 7 amide bonds. The fourth-order valence-electron chi connectivity index (χ4n) is 2.47. The van der Waals surface area contributed by atoms with E-state index in [1.165, 1.54) is 26.4 Å². The molecule has 16 nitrogen and oxygen atoms in total. The maximum absolute atomic E-state index is 12.7. The van der Waals surface area contributed by atoms with Crippen molar-refractivity contribution in [1.29, 1.82) is 0 Å². The lowest BCUT2D eigenvalue weighted by Crippen LogP contribution is -2.55. The van der Waals surface area contributed by atoms with Gasteiger partial charge in [0, 0.05) is 25.2 Å². The molecule has 0 saturated carbocycles. The van der Waals surface area contributed by atoms with Crippen LogP contribution in [0.15, 0.2) is 12.5 Å². The van der Waals surface area contributed by atoms with Gasteiger partial charge in [-0.05, 0) is 6.92 Å². The van der Waals surface area contributed by atoms with Crippen molar-refractivity contribution in [3.63, 3.8) is 0 Å². The minimum absolute atomic E-state index is 0.00126. The van der Waals surface area contributed by atoms with Crippen LogP contribution in [0, 0.1) is 0 Å². The number of amides is 7. The van der Waals surface area contributed by atoms with Crippen molar-refractivity contribution in [3.05, 3.63) is 18.2 Å². The average molecular weight is 495 g/mol. The Balaban J connectivity index is 2.63. The van der Waals surface area contributed by atoms with E-state index in [1.807, 2.05) is 0 Å². The maximum Gasteiger partial charge on any atom is 0.243 e. The van der Waals surface area contributed by atoms with Crippen molar-refractivity contribution >= 4 is 41.4 Å². The molecule has 0 unspecified atom stereocenters. The molecule has 0 radical (unpaired) electrons. The molecule has 1 rings (SSSR count). The fourth-order valence-corrected chi connectivity index (χ4v) is 2.47. The van der Waals surface area contributed by atoms with Crippen LogP contribution in [0.1, 0.15) is 19.5 Å². The first kappa shape index (κ1) is 28.5. The summed E-state index contributed by atoms with van der Waals surface area (Å²) < 4.78 is 0. The van der Waals surface area contributed by atoms with Crippen LogP contribution < -0.4 is 37.6 Å². The monoisotopic (exact) mass is 495 g/mol. The topological polar surface area (TPSA) is 246 Å². The molecule has 0 aliphatic rings. The molecule has 0 spiro atoms. The Labute approximate surface area is 199 Å². The van der Waals surface area contributed by atoms with Crippen LogP contribution in [0.5, 0.6) is 0 Å². The number of nitrogens with two attached hydrogens (primary N) is 1. The summed E-state index contributed by atoms with van der Waals surface area (Å²) in [7, 11) is 0. The molecule has 16 heteroatoms. The van der Waals surface area contributed by atoms with Gasteiger partial charge >= 0.3 is 0 Å². The predicted molar refractivity (Wildman–Crippen MR) is 119 cm³/mol. The molecule has 0 bridgehead atoms. The smallest absolute Gasteiger partial charge is 0.243 e. The molecule has 0 aromatic carbocycles. The number of rotatable bonds is 14. The van der Waals surface area contributed by atoms with Gasteiger partial charge in [-0.3, -0.25) is 33.6 Å². The van der Waals surface area contributed by atoms with Crippen LogP contribution in [0.4, 0.5) is 0 Å². The lowest BCUT2D eigenvalue weighted by Gasteiger charge is -2.21. The van der Waals surface area contributed by atoms with Crippen molar-refractivity contribution in [2.24, 2.45) is 5.73 Å². The zero-order chi connectivity index (χ0) is 26.4. The summed E-state index contributed by atoms with van der Waals surface area (Å²) in [6, 6.07) is -2.21. The second kappa shape index (κ2) is 14.6. The molecule has 1 aromatic rings. The summed E-state index contributed by atoms with van der Waals surface area (Å²) in [6.07, 6.45) is 2.83. The predicted octanol–water partition coefficient (Wildman–Crippen LogP) is -5.09. The highest BCUT2D eigenvalue weighted by Crippen LogP contribution is 2.00. The van der Waals surface area contributed by atoms with E-state index in [1.54, 1.807) is 0 Å². The Morgan fingerprint density at radius 3 is 2.03 bits per heavy atom. The van der Waals surface area contributed by atoms with Gasteiger partial charge in [-0.15, -0.1) is 0 Å². The molecular formula is C19H29N9O7. The first-order valence-corrected chi connectivity index (χ1v) is 10.4. The maximum atomic E-state index is 12.7. The van der Waals surface area contributed by atoms with E-state index in [4.69, 9.17) is 5.73 Å². The van der Waals surface area contributed by atoms with Crippen LogP contribution in [-0.2, 0) is 40.0 Å². The molecular weight excluding hydrogens is 466 g/mol. The summed E-state index contributed by atoms with van der Waals surface area (Å²) in [4.78, 5) is 88.5. The van der Waals surface area contributed by atoms with Gasteiger partial charge in [-0.1, -0.05) is 0 Å². The molecule has 0 aliphatic heterocycles. The van der Waals surface area contributed by atoms with Crippen molar-refractivity contribution in [2.75, 3.05) is 26.2 Å². The highest BCUT2D eigenvalue weighted by molar-refractivity contribution is 5.94. The summed E-state index contributed by atoms with van der Waals surface area (Å²) in [5, 5.41) is 13.9. The van der Waals surface area contributed by atoms with E-state index in [0.717, 1.165) is 0 Å². The van der Waals surface area contributed by atoms with E-state index < -0.39 is 66.5 Å². The minimum Gasteiger partial charge on any atom is -0.368 e. The van der Waals surface area contributed by atoms with Crippen LogP contribution in [-0.4, -0.2) is 89.6 Å². The van der Waals surface area contributed by atoms with Gasteiger partial charge in [0.25, 0.3) is 0 Å². The highest BCUT2D eigenvalue weighted by atomic mass is 16.2. The number of hydrogen-bond donors (Lipinski definition) is 8. The van der Waals surface area contributed by atoms with Gasteiger partial charge in [-0.2, -0.15) is 0 Å². The molecule has 0 fully saturated rings. The second-order valence-corrected chi connectivity index (χ2v) is 7.28. The Hall–Kier alpha value is -4.50. The first-order valence-electron chi connectivity index (χ1n) is 10.4. The molecule has 35 heavy (non-hydrogen) atoms. The Bertz CT molecular complexity index is 933. The third kappa shape index (κ3) is 12.4. The number of H-pyrrole nitrogens is 1. The largest absolute Gasteiger partial charge is 0.368 e. The van der Waals surface area contributed by atoms with Gasteiger partial charge in [0.15, 0.2) is 0 Å². The SMILES string of the molecule is CC(=O)NCC(=O)NCC(=O)N[C@@H](Cc1cnc[nH]1)C(=O)N[C@@H](C)C(=O)NCC(=O)NCC(N)=O. The zero-order valence-corrected chi connectivity index (χ0v) is 19.2. The summed E-state index contributed by atoms with van der Waals surface area (Å²) in [5.41, 5.74) is 5.43. The number of nitrogens with zero attached hydrogens (tertiary/aromatic N) is 1. The first-order chi connectivity index (χ1) is 16.5. The fraction of sp³-hybridized carbons (Fsp3) is 0.474. The van der Waals surface area contributed by atoms with Crippen molar-refractivity contribution in [3.8, 4) is 0 Å². The number of carbonyl (C=O) groups is 7. The zero-order valence-electron chi connectivity index (χ0n) is 19.2. The van der Waals surface area contributed by atoms with E-state index in [0.29, 0.717) is 5.69 Å². The Morgan fingerprint density at radius 1 is 0.857 bits per heavy atom. The summed E-state index contributed by atoms with van der Waals surface area (Å²) in [5.74, 6) is -4.50. The van der Waals surface area contributed by atoms with E-state index in [9.17, 15) is 33.6 Å². The summed E-state index contributed by atoms with van der Waals surface area (Å²) >= 11 is 0. The van der Waals surface area contributed by atoms with E-state index in [2.05, 4.69) is 41.9 Å². The minimum atomic E-state index is -1.13. The van der Waals surface area contributed by atoms with Gasteiger partial charge in [0.1, 0.15) is 12.1 Å². The molecule has 1 aromatic heterocycles. The Kier molecular flexibility index (Phi) is 11.9. The number of nitrogens with one attached hydrogen (secondary N) is 7. The molecule has 9 N–H and O–H groups in total. The van der Waals surface area contributed by atoms with Crippen LogP contribution in [0.3, 0.4) is 0 Å². The van der Waals surface area contributed by atoms with Crippen LogP contribution >= 0.6 is 0 Å². The molecule has 0 saturated heterocycles. The number of aromatic nitrogens is 2.